The van der Waals surface area contributed by atoms with E-state index in [9.17, 15) is 18.4 Å². The van der Waals surface area contributed by atoms with E-state index >= 15 is 0 Å². The summed E-state index contributed by atoms with van der Waals surface area (Å²) in [6, 6.07) is 5.92. The third kappa shape index (κ3) is 2.62. The average Bonchev–Trinajstić information content (AvgIpc) is 2.66. The SMILES string of the molecule is O=c1oc2cc3oc(=O)c4c(c3cc2nc1-c1cc(F)cc(F)c1)CCCC4. The van der Waals surface area contributed by atoms with Crippen molar-refractivity contribution in [3.63, 3.8) is 0 Å². The molecule has 5 nitrogen and oxygen atoms in total. The number of nitrogens with zero attached hydrogens (tertiary/aromatic N) is 1. The molecule has 0 unspecified atom stereocenters. The van der Waals surface area contributed by atoms with E-state index in [-0.39, 0.29) is 22.5 Å². The van der Waals surface area contributed by atoms with Gasteiger partial charge in [0, 0.05) is 28.6 Å². The van der Waals surface area contributed by atoms with Crippen LogP contribution in [0, 0.1) is 11.6 Å². The first kappa shape index (κ1) is 16.8. The van der Waals surface area contributed by atoms with Gasteiger partial charge in [0.05, 0.1) is 0 Å². The molecule has 0 atom stereocenters. The van der Waals surface area contributed by atoms with Crippen LogP contribution in [0.5, 0.6) is 0 Å². The molecule has 0 spiro atoms. The minimum Gasteiger partial charge on any atom is -0.422 e. The van der Waals surface area contributed by atoms with E-state index in [1.807, 2.05) is 0 Å². The molecule has 0 aliphatic heterocycles. The molecular weight excluding hydrogens is 368 g/mol. The molecule has 1 aliphatic carbocycles. The maximum atomic E-state index is 13.6. The van der Waals surface area contributed by atoms with E-state index in [1.54, 1.807) is 6.07 Å². The number of aromatic nitrogens is 1. The molecule has 1 aliphatic rings. The van der Waals surface area contributed by atoms with Gasteiger partial charge in [0.1, 0.15) is 22.7 Å². The van der Waals surface area contributed by atoms with E-state index in [2.05, 4.69) is 4.98 Å². The maximum Gasteiger partial charge on any atom is 0.363 e. The number of fused-ring (bicyclic) bond motifs is 4. The molecule has 0 saturated carbocycles. The Labute approximate surface area is 156 Å². The Morgan fingerprint density at radius 2 is 1.46 bits per heavy atom. The van der Waals surface area contributed by atoms with Gasteiger partial charge in [-0.25, -0.2) is 23.4 Å². The fraction of sp³-hybridized carbons (Fsp3) is 0.190. The molecule has 0 fully saturated rings. The number of halogens is 2. The molecule has 7 heteroatoms. The first-order valence-corrected chi connectivity index (χ1v) is 8.89. The van der Waals surface area contributed by atoms with Gasteiger partial charge in [0.15, 0.2) is 11.3 Å². The summed E-state index contributed by atoms with van der Waals surface area (Å²) in [5, 5.41) is 0.736. The molecule has 0 amide bonds. The Kier molecular flexibility index (Phi) is 3.65. The number of hydrogen-bond acceptors (Lipinski definition) is 5. The average molecular weight is 381 g/mol. The van der Waals surface area contributed by atoms with Gasteiger partial charge < -0.3 is 8.83 Å². The summed E-state index contributed by atoms with van der Waals surface area (Å²) in [4.78, 5) is 28.9. The first-order valence-electron chi connectivity index (χ1n) is 8.89. The third-order valence-corrected chi connectivity index (χ3v) is 5.07. The van der Waals surface area contributed by atoms with Gasteiger partial charge in [0.2, 0.25) is 0 Å². The topological polar surface area (TPSA) is 73.3 Å². The zero-order chi connectivity index (χ0) is 19.4. The van der Waals surface area contributed by atoms with E-state index in [4.69, 9.17) is 8.83 Å². The highest BCUT2D eigenvalue weighted by Gasteiger charge is 2.20. The lowest BCUT2D eigenvalue weighted by molar-refractivity contribution is 0.529. The molecule has 2 aromatic carbocycles. The molecule has 4 aromatic rings. The van der Waals surface area contributed by atoms with Gasteiger partial charge >= 0.3 is 11.3 Å². The lowest BCUT2D eigenvalue weighted by atomic mass is 9.90. The number of rotatable bonds is 1. The zero-order valence-electron chi connectivity index (χ0n) is 14.6. The van der Waals surface area contributed by atoms with Gasteiger partial charge in [-0.1, -0.05) is 0 Å². The molecule has 2 aromatic heterocycles. The normalized spacial score (nSPS) is 13.8. The van der Waals surface area contributed by atoms with Crippen molar-refractivity contribution in [2.24, 2.45) is 0 Å². The number of benzene rings is 2. The van der Waals surface area contributed by atoms with Gasteiger partial charge in [-0.05, 0) is 49.4 Å². The standard InChI is InChI=1S/C21H13F2NO4/c22-11-5-10(6-12(23)7-11)19-21(26)28-18-9-17-15(8-16(18)24-19)13-3-1-2-4-14(13)20(25)27-17/h5-9H,1-4H2. The first-order chi connectivity index (χ1) is 13.5. The van der Waals surface area contributed by atoms with Crippen LogP contribution in [-0.4, -0.2) is 4.98 Å². The summed E-state index contributed by atoms with van der Waals surface area (Å²) >= 11 is 0. The summed E-state index contributed by atoms with van der Waals surface area (Å²) in [5.74, 6) is -1.63. The highest BCUT2D eigenvalue weighted by atomic mass is 19.1. The van der Waals surface area contributed by atoms with Crippen LogP contribution in [0.4, 0.5) is 8.78 Å². The largest absolute Gasteiger partial charge is 0.422 e. The van der Waals surface area contributed by atoms with E-state index < -0.39 is 17.3 Å². The molecule has 0 bridgehead atoms. The van der Waals surface area contributed by atoms with Crippen LogP contribution >= 0.6 is 0 Å². The van der Waals surface area contributed by atoms with Crippen molar-refractivity contribution in [1.29, 1.82) is 0 Å². The zero-order valence-corrected chi connectivity index (χ0v) is 14.6. The third-order valence-electron chi connectivity index (χ3n) is 5.07. The van der Waals surface area contributed by atoms with Crippen molar-refractivity contribution < 1.29 is 17.6 Å². The van der Waals surface area contributed by atoms with Crippen molar-refractivity contribution >= 4 is 22.1 Å². The van der Waals surface area contributed by atoms with Gasteiger partial charge in [-0.3, -0.25) is 0 Å². The predicted octanol–water partition coefficient (Wildman–Crippen LogP) is 4.12. The van der Waals surface area contributed by atoms with Crippen LogP contribution in [-0.2, 0) is 12.8 Å². The van der Waals surface area contributed by atoms with Crippen LogP contribution in [0.3, 0.4) is 0 Å². The smallest absolute Gasteiger partial charge is 0.363 e. The number of aryl methyl sites for hydroxylation is 1. The Morgan fingerprint density at radius 3 is 2.21 bits per heavy atom. The maximum absolute atomic E-state index is 13.6. The quantitative estimate of drug-likeness (QED) is 0.366. The minimum absolute atomic E-state index is 0.00475. The lowest BCUT2D eigenvalue weighted by Crippen LogP contribution is -2.16. The van der Waals surface area contributed by atoms with Crippen LogP contribution in [0.2, 0.25) is 0 Å². The summed E-state index contributed by atoms with van der Waals surface area (Å²) in [7, 11) is 0. The Bertz CT molecular complexity index is 1370. The van der Waals surface area contributed by atoms with Crippen LogP contribution in [0.1, 0.15) is 24.0 Å². The van der Waals surface area contributed by atoms with Crippen LogP contribution in [0.25, 0.3) is 33.3 Å². The van der Waals surface area contributed by atoms with Gasteiger partial charge in [-0.2, -0.15) is 0 Å². The van der Waals surface area contributed by atoms with Crippen molar-refractivity contribution in [2.45, 2.75) is 25.7 Å². The molecule has 0 N–H and O–H groups in total. The van der Waals surface area contributed by atoms with E-state index in [0.717, 1.165) is 42.3 Å². The van der Waals surface area contributed by atoms with Crippen LogP contribution in [0.15, 0.2) is 48.8 Å². The minimum atomic E-state index is -0.836. The Balaban J connectivity index is 1.81. The molecule has 0 radical (unpaired) electrons. The fourth-order valence-corrected chi connectivity index (χ4v) is 3.82. The van der Waals surface area contributed by atoms with Crippen molar-refractivity contribution in [3.05, 3.63) is 73.9 Å². The van der Waals surface area contributed by atoms with Crippen LogP contribution < -0.4 is 11.3 Å². The van der Waals surface area contributed by atoms with Gasteiger partial charge in [-0.15, -0.1) is 0 Å². The fourth-order valence-electron chi connectivity index (χ4n) is 3.82. The summed E-state index contributed by atoms with van der Waals surface area (Å²) in [5.41, 5.74) is 0.999. The second-order valence-electron chi connectivity index (χ2n) is 6.88. The molecule has 5 rings (SSSR count). The highest BCUT2D eigenvalue weighted by molar-refractivity contribution is 5.93. The van der Waals surface area contributed by atoms with Crippen molar-refractivity contribution in [2.75, 3.05) is 0 Å². The molecular formula is C21H13F2NO4. The molecule has 28 heavy (non-hydrogen) atoms. The summed E-state index contributed by atoms with van der Waals surface area (Å²) in [6.07, 6.45) is 3.31. The lowest BCUT2D eigenvalue weighted by Gasteiger charge is -2.16. The molecule has 140 valence electrons. The van der Waals surface area contributed by atoms with Gasteiger partial charge in [0.25, 0.3) is 0 Å². The summed E-state index contributed by atoms with van der Waals surface area (Å²) in [6.45, 7) is 0. The monoisotopic (exact) mass is 381 g/mol. The Morgan fingerprint density at radius 1 is 0.786 bits per heavy atom. The van der Waals surface area contributed by atoms with E-state index in [0.29, 0.717) is 29.2 Å². The second-order valence-corrected chi connectivity index (χ2v) is 6.88. The molecule has 0 saturated heterocycles. The summed E-state index contributed by atoms with van der Waals surface area (Å²) < 4.78 is 37.8. The second kappa shape index (κ2) is 6.09. The van der Waals surface area contributed by atoms with Crippen molar-refractivity contribution in [1.82, 2.24) is 4.98 Å². The Hall–Kier alpha value is -3.35. The van der Waals surface area contributed by atoms with E-state index in [1.165, 1.54) is 6.07 Å². The predicted molar refractivity (Wildman–Crippen MR) is 98.3 cm³/mol. The molecule has 2 heterocycles. The number of hydrogen-bond donors (Lipinski definition) is 0. The highest BCUT2D eigenvalue weighted by Crippen LogP contribution is 2.30. The van der Waals surface area contributed by atoms with Crippen molar-refractivity contribution in [3.8, 4) is 11.3 Å².